The highest BCUT2D eigenvalue weighted by Crippen LogP contribution is 2.24. The van der Waals surface area contributed by atoms with Gasteiger partial charge in [-0.3, -0.25) is 4.18 Å². The highest BCUT2D eigenvalue weighted by Gasteiger charge is 2.32. The number of hydrogen-bond donors (Lipinski definition) is 0. The quantitative estimate of drug-likeness (QED) is 0.271. The smallest absolute Gasteiger partial charge is 0.333 e. The summed E-state index contributed by atoms with van der Waals surface area (Å²) in [6, 6.07) is 0. The van der Waals surface area contributed by atoms with Crippen LogP contribution >= 0.6 is 0 Å². The number of unbranched alkanes of at least 4 members (excludes halogenated alkanes) is 1. The number of carbonyl (C=O) groups is 1. The van der Waals surface area contributed by atoms with Crippen LogP contribution in [0.1, 0.15) is 40.0 Å². The molecule has 1 aliphatic rings. The van der Waals surface area contributed by atoms with Crippen molar-refractivity contribution in [1.82, 2.24) is 0 Å². The minimum Gasteiger partial charge on any atom is -0.463 e. The van der Waals surface area contributed by atoms with Gasteiger partial charge in [0.2, 0.25) is 0 Å². The Bertz CT molecular complexity index is 522. The van der Waals surface area contributed by atoms with E-state index in [-0.39, 0.29) is 18.7 Å². The number of rotatable bonds is 9. The Morgan fingerprint density at radius 1 is 1.35 bits per heavy atom. The largest absolute Gasteiger partial charge is 0.463 e. The maximum atomic E-state index is 12.0. The van der Waals surface area contributed by atoms with Gasteiger partial charge in [0, 0.05) is 5.57 Å². The maximum absolute atomic E-state index is 12.0. The van der Waals surface area contributed by atoms with Crippen molar-refractivity contribution in [2.24, 2.45) is 0 Å². The molecule has 1 aliphatic heterocycles. The van der Waals surface area contributed by atoms with Gasteiger partial charge in [0.05, 0.1) is 26.1 Å². The van der Waals surface area contributed by atoms with Crippen LogP contribution < -0.4 is 0 Å². The molecule has 1 saturated heterocycles. The second-order valence-corrected chi connectivity index (χ2v) is 7.41. The van der Waals surface area contributed by atoms with Crippen LogP contribution in [0.4, 0.5) is 0 Å². The zero-order chi connectivity index (χ0) is 17.5. The minimum atomic E-state index is -3.42. The van der Waals surface area contributed by atoms with Gasteiger partial charge < -0.3 is 14.2 Å². The van der Waals surface area contributed by atoms with Crippen LogP contribution in [0.15, 0.2) is 11.6 Å². The van der Waals surface area contributed by atoms with Crippen molar-refractivity contribution >= 4 is 16.1 Å². The van der Waals surface area contributed by atoms with E-state index in [9.17, 15) is 13.2 Å². The van der Waals surface area contributed by atoms with Crippen molar-refractivity contribution in [2.45, 2.75) is 51.9 Å². The summed E-state index contributed by atoms with van der Waals surface area (Å²) in [4.78, 5) is 12.0. The molecule has 0 aliphatic carbocycles. The van der Waals surface area contributed by atoms with Crippen molar-refractivity contribution < 1.29 is 31.6 Å². The lowest BCUT2D eigenvalue weighted by Gasteiger charge is -2.16. The van der Waals surface area contributed by atoms with Crippen LogP contribution in [0.2, 0.25) is 0 Å². The van der Waals surface area contributed by atoms with Crippen molar-refractivity contribution in [2.75, 3.05) is 26.1 Å². The predicted molar refractivity (Wildman–Crippen MR) is 84.3 cm³/mol. The molecule has 0 unspecified atom stereocenters. The fraction of sp³-hybridized carbons (Fsp3) is 0.800. The molecule has 0 saturated carbocycles. The molecule has 7 nitrogen and oxygen atoms in total. The van der Waals surface area contributed by atoms with E-state index in [4.69, 9.17) is 14.2 Å². The molecule has 0 aromatic rings. The summed E-state index contributed by atoms with van der Waals surface area (Å²) >= 11 is 0. The third-order valence-corrected chi connectivity index (χ3v) is 3.69. The van der Waals surface area contributed by atoms with E-state index in [1.165, 1.54) is 0 Å². The second-order valence-electron chi connectivity index (χ2n) is 5.76. The first-order chi connectivity index (χ1) is 10.6. The van der Waals surface area contributed by atoms with Gasteiger partial charge in [-0.2, -0.15) is 8.42 Å². The normalized spacial score (nSPS) is 21.4. The average molecular weight is 350 g/mol. The highest BCUT2D eigenvalue weighted by molar-refractivity contribution is 7.85. The predicted octanol–water partition coefficient (Wildman–Crippen LogP) is 1.77. The second kappa shape index (κ2) is 8.77. The van der Waals surface area contributed by atoms with Crippen molar-refractivity contribution in [3.8, 4) is 0 Å². The molecule has 1 atom stereocenters. The van der Waals surface area contributed by atoms with Crippen molar-refractivity contribution in [3.05, 3.63) is 11.6 Å². The van der Waals surface area contributed by atoms with Gasteiger partial charge in [0.1, 0.15) is 6.10 Å². The van der Waals surface area contributed by atoms with Crippen LogP contribution in [0.25, 0.3) is 0 Å². The SMILES string of the molecule is CCOC(=O)/C(=C/[C@H]1COC(C)(C)O1)CCCCOS(C)(=O)=O. The molecule has 1 heterocycles. The molecule has 0 bridgehead atoms. The van der Waals surface area contributed by atoms with Crippen LogP contribution in [0, 0.1) is 0 Å². The topological polar surface area (TPSA) is 88.1 Å². The van der Waals surface area contributed by atoms with Crippen LogP contribution in [0.3, 0.4) is 0 Å². The number of esters is 1. The Morgan fingerprint density at radius 2 is 2.04 bits per heavy atom. The Kier molecular flexibility index (Phi) is 7.66. The Morgan fingerprint density at radius 3 is 2.57 bits per heavy atom. The van der Waals surface area contributed by atoms with Gasteiger partial charge >= 0.3 is 5.97 Å². The van der Waals surface area contributed by atoms with Gasteiger partial charge in [-0.25, -0.2) is 4.79 Å². The maximum Gasteiger partial charge on any atom is 0.333 e. The molecule has 23 heavy (non-hydrogen) atoms. The standard InChI is InChI=1S/C15H26O7S/c1-5-19-14(16)12(8-6-7-9-21-23(4,17)18)10-13-11-20-15(2,3)22-13/h10,13H,5-9,11H2,1-4H3/b12-10+/t13-/m0/s1. The Hall–Kier alpha value is -0.960. The first-order valence-corrected chi connectivity index (χ1v) is 9.48. The molecule has 0 N–H and O–H groups in total. The van der Waals surface area contributed by atoms with Gasteiger partial charge in [0.15, 0.2) is 5.79 Å². The molecular formula is C15H26O7S. The molecule has 0 aromatic carbocycles. The van der Waals surface area contributed by atoms with E-state index in [1.807, 2.05) is 13.8 Å². The summed E-state index contributed by atoms with van der Waals surface area (Å²) in [5.74, 6) is -1.05. The molecule has 0 amide bonds. The summed E-state index contributed by atoms with van der Waals surface area (Å²) in [6.07, 6.45) is 4.04. The summed E-state index contributed by atoms with van der Waals surface area (Å²) in [7, 11) is -3.42. The molecule has 0 aromatic heterocycles. The van der Waals surface area contributed by atoms with Crippen LogP contribution in [-0.2, 0) is 33.3 Å². The zero-order valence-electron chi connectivity index (χ0n) is 14.2. The third kappa shape index (κ3) is 8.45. The molecular weight excluding hydrogens is 324 g/mol. The van der Waals surface area contributed by atoms with Gasteiger partial charge in [0.25, 0.3) is 10.1 Å². The number of ether oxygens (including phenoxy) is 3. The van der Waals surface area contributed by atoms with Crippen LogP contribution in [0.5, 0.6) is 0 Å². The first-order valence-electron chi connectivity index (χ1n) is 7.67. The summed E-state index contributed by atoms with van der Waals surface area (Å²) in [5.41, 5.74) is 0.512. The molecule has 134 valence electrons. The van der Waals surface area contributed by atoms with E-state index in [1.54, 1.807) is 13.0 Å². The lowest BCUT2D eigenvalue weighted by atomic mass is 10.1. The minimum absolute atomic E-state index is 0.102. The van der Waals surface area contributed by atoms with Crippen molar-refractivity contribution in [3.63, 3.8) is 0 Å². The zero-order valence-corrected chi connectivity index (χ0v) is 15.0. The number of hydrogen-bond acceptors (Lipinski definition) is 7. The Balaban J connectivity index is 2.54. The molecule has 0 spiro atoms. The average Bonchev–Trinajstić information content (AvgIpc) is 2.75. The third-order valence-electron chi connectivity index (χ3n) is 3.09. The first kappa shape index (κ1) is 20.1. The van der Waals surface area contributed by atoms with Gasteiger partial charge in [-0.1, -0.05) is 0 Å². The van der Waals surface area contributed by atoms with E-state index in [2.05, 4.69) is 4.18 Å². The van der Waals surface area contributed by atoms with Crippen molar-refractivity contribution in [1.29, 1.82) is 0 Å². The van der Waals surface area contributed by atoms with Gasteiger partial charge in [-0.05, 0) is 46.1 Å². The van der Waals surface area contributed by atoms with E-state index in [0.29, 0.717) is 38.0 Å². The number of carbonyl (C=O) groups excluding carboxylic acids is 1. The molecule has 0 radical (unpaired) electrons. The summed E-state index contributed by atoms with van der Waals surface area (Å²) in [5, 5.41) is 0. The molecule has 8 heteroatoms. The lowest BCUT2D eigenvalue weighted by molar-refractivity contribution is -0.139. The fourth-order valence-corrected chi connectivity index (χ4v) is 2.55. The molecule has 1 rings (SSSR count). The molecule has 1 fully saturated rings. The van der Waals surface area contributed by atoms with E-state index >= 15 is 0 Å². The Labute approximate surface area is 138 Å². The highest BCUT2D eigenvalue weighted by atomic mass is 32.2. The van der Waals surface area contributed by atoms with E-state index in [0.717, 1.165) is 6.26 Å². The van der Waals surface area contributed by atoms with E-state index < -0.39 is 15.9 Å². The van der Waals surface area contributed by atoms with Crippen LogP contribution in [-0.4, -0.2) is 52.4 Å². The summed E-state index contributed by atoms with van der Waals surface area (Å²) < 4.78 is 42.6. The summed E-state index contributed by atoms with van der Waals surface area (Å²) in [6.45, 7) is 6.15. The lowest BCUT2D eigenvalue weighted by Crippen LogP contribution is -2.21. The fourth-order valence-electron chi connectivity index (χ4n) is 2.13. The monoisotopic (exact) mass is 350 g/mol. The van der Waals surface area contributed by atoms with Gasteiger partial charge in [-0.15, -0.1) is 0 Å².